The highest BCUT2D eigenvalue weighted by molar-refractivity contribution is 5.57. The standard InChI is InChI=1S/C17H16N2O2/c1-13-16(19(20)21)12-17(14-8-4-2-5-9-14)18(13)15-10-6-3-7-11-15/h2-11,17H,12H2,1H3. The van der Waals surface area contributed by atoms with Crippen LogP contribution in [0, 0.1) is 10.1 Å². The number of hydrogen-bond acceptors (Lipinski definition) is 3. The summed E-state index contributed by atoms with van der Waals surface area (Å²) in [6.07, 6.45) is 0.428. The van der Waals surface area contributed by atoms with Gasteiger partial charge in [-0.05, 0) is 24.6 Å². The molecule has 4 nitrogen and oxygen atoms in total. The van der Waals surface area contributed by atoms with Crippen LogP contribution in [0.15, 0.2) is 72.1 Å². The molecule has 1 aliphatic heterocycles. The summed E-state index contributed by atoms with van der Waals surface area (Å²) in [4.78, 5) is 13.1. The fourth-order valence-corrected chi connectivity index (χ4v) is 2.91. The summed E-state index contributed by atoms with van der Waals surface area (Å²) in [5.41, 5.74) is 3.10. The molecule has 2 aromatic rings. The first-order chi connectivity index (χ1) is 10.2. The Balaban J connectivity index is 2.07. The number of nitro groups is 1. The summed E-state index contributed by atoms with van der Waals surface area (Å²) < 4.78 is 0. The van der Waals surface area contributed by atoms with Crippen molar-refractivity contribution in [3.63, 3.8) is 0 Å². The van der Waals surface area contributed by atoms with Crippen molar-refractivity contribution in [3.8, 4) is 0 Å². The summed E-state index contributed by atoms with van der Waals surface area (Å²) in [6.45, 7) is 1.83. The molecular formula is C17H16N2O2. The van der Waals surface area contributed by atoms with Crippen molar-refractivity contribution in [2.75, 3.05) is 4.90 Å². The van der Waals surface area contributed by atoms with Gasteiger partial charge in [0.15, 0.2) is 0 Å². The van der Waals surface area contributed by atoms with Gasteiger partial charge in [-0.1, -0.05) is 48.5 Å². The van der Waals surface area contributed by atoms with E-state index >= 15 is 0 Å². The third-order valence-corrected chi connectivity index (χ3v) is 3.92. The topological polar surface area (TPSA) is 46.4 Å². The third-order valence-electron chi connectivity index (χ3n) is 3.92. The predicted octanol–water partition coefficient (Wildman–Crippen LogP) is 4.15. The molecule has 4 heteroatoms. The fourth-order valence-electron chi connectivity index (χ4n) is 2.91. The molecule has 0 bridgehead atoms. The van der Waals surface area contributed by atoms with Gasteiger partial charge >= 0.3 is 0 Å². The molecule has 0 saturated heterocycles. The van der Waals surface area contributed by atoms with Crippen molar-refractivity contribution >= 4 is 5.69 Å². The highest BCUT2D eigenvalue weighted by Crippen LogP contribution is 2.42. The predicted molar refractivity (Wildman–Crippen MR) is 82.4 cm³/mol. The van der Waals surface area contributed by atoms with Gasteiger partial charge < -0.3 is 4.90 Å². The van der Waals surface area contributed by atoms with E-state index in [2.05, 4.69) is 4.90 Å². The van der Waals surface area contributed by atoms with Crippen LogP contribution in [0.4, 0.5) is 5.69 Å². The number of hydrogen-bond donors (Lipinski definition) is 0. The molecule has 1 unspecified atom stereocenters. The molecule has 1 atom stereocenters. The minimum absolute atomic E-state index is 0.0194. The maximum absolute atomic E-state index is 11.3. The van der Waals surface area contributed by atoms with E-state index in [0.717, 1.165) is 16.9 Å². The van der Waals surface area contributed by atoms with Crippen LogP contribution in [0.3, 0.4) is 0 Å². The number of allylic oxidation sites excluding steroid dienone is 1. The SMILES string of the molecule is CC1=C([N+](=O)[O-])CC(c2ccccc2)N1c1ccccc1. The van der Waals surface area contributed by atoms with Crippen molar-refractivity contribution in [2.24, 2.45) is 0 Å². The zero-order chi connectivity index (χ0) is 14.8. The summed E-state index contributed by atoms with van der Waals surface area (Å²) in [5.74, 6) is 0. The molecule has 0 fully saturated rings. The van der Waals surface area contributed by atoms with Crippen molar-refractivity contribution in [2.45, 2.75) is 19.4 Å². The number of benzene rings is 2. The lowest BCUT2D eigenvalue weighted by Gasteiger charge is -2.28. The Morgan fingerprint density at radius 3 is 2.19 bits per heavy atom. The lowest BCUT2D eigenvalue weighted by Crippen LogP contribution is -2.21. The Labute approximate surface area is 123 Å². The second-order valence-electron chi connectivity index (χ2n) is 5.13. The van der Waals surface area contributed by atoms with Crippen molar-refractivity contribution in [3.05, 3.63) is 87.7 Å². The molecule has 3 rings (SSSR count). The lowest BCUT2D eigenvalue weighted by molar-refractivity contribution is -0.428. The van der Waals surface area contributed by atoms with Gasteiger partial charge in [-0.25, -0.2) is 0 Å². The fraction of sp³-hybridized carbons (Fsp3) is 0.176. The van der Waals surface area contributed by atoms with Crippen LogP contribution in [-0.2, 0) is 0 Å². The van der Waals surface area contributed by atoms with E-state index in [-0.39, 0.29) is 11.0 Å². The van der Waals surface area contributed by atoms with Gasteiger partial charge in [0.25, 0.3) is 5.70 Å². The van der Waals surface area contributed by atoms with E-state index in [1.54, 1.807) is 0 Å². The molecule has 1 heterocycles. The summed E-state index contributed by atoms with van der Waals surface area (Å²) in [6, 6.07) is 19.8. The summed E-state index contributed by atoms with van der Waals surface area (Å²) in [7, 11) is 0. The summed E-state index contributed by atoms with van der Waals surface area (Å²) >= 11 is 0. The number of anilines is 1. The highest BCUT2D eigenvalue weighted by Gasteiger charge is 2.37. The van der Waals surface area contributed by atoms with E-state index < -0.39 is 0 Å². The van der Waals surface area contributed by atoms with Crippen molar-refractivity contribution in [1.82, 2.24) is 0 Å². The van der Waals surface area contributed by atoms with Gasteiger partial charge in [0.2, 0.25) is 0 Å². The largest absolute Gasteiger partial charge is 0.332 e. The normalized spacial score (nSPS) is 18.1. The first-order valence-electron chi connectivity index (χ1n) is 6.92. The van der Waals surface area contributed by atoms with Crippen LogP contribution in [0.1, 0.15) is 24.9 Å². The molecule has 0 N–H and O–H groups in total. The van der Waals surface area contributed by atoms with Crippen molar-refractivity contribution < 1.29 is 4.92 Å². The third kappa shape index (κ3) is 2.40. The minimum atomic E-state index is -0.256. The maximum Gasteiger partial charge on any atom is 0.267 e. The van der Waals surface area contributed by atoms with Crippen molar-refractivity contribution in [1.29, 1.82) is 0 Å². The van der Waals surface area contributed by atoms with E-state index in [1.165, 1.54) is 0 Å². The lowest BCUT2D eigenvalue weighted by atomic mass is 10.0. The molecule has 0 saturated carbocycles. The van der Waals surface area contributed by atoms with E-state index in [0.29, 0.717) is 12.1 Å². The molecule has 0 aromatic heterocycles. The zero-order valence-corrected chi connectivity index (χ0v) is 11.8. The monoisotopic (exact) mass is 280 g/mol. The molecule has 0 amide bonds. The van der Waals surface area contributed by atoms with Crippen LogP contribution >= 0.6 is 0 Å². The van der Waals surface area contributed by atoms with Gasteiger partial charge in [0.1, 0.15) is 0 Å². The molecule has 1 aliphatic rings. The van der Waals surface area contributed by atoms with Crippen LogP contribution in [0.2, 0.25) is 0 Å². The minimum Gasteiger partial charge on any atom is -0.332 e. The first kappa shape index (κ1) is 13.4. The smallest absolute Gasteiger partial charge is 0.267 e. The molecular weight excluding hydrogens is 264 g/mol. The second-order valence-corrected chi connectivity index (χ2v) is 5.13. The molecule has 2 aromatic carbocycles. The Morgan fingerprint density at radius 1 is 1.05 bits per heavy atom. The van der Waals surface area contributed by atoms with Gasteiger partial charge in [-0.3, -0.25) is 10.1 Å². The number of rotatable bonds is 3. The first-order valence-corrected chi connectivity index (χ1v) is 6.92. The van der Waals surface area contributed by atoms with Crippen LogP contribution < -0.4 is 4.90 Å². The number of nitrogens with zero attached hydrogens (tertiary/aromatic N) is 2. The average Bonchev–Trinajstić information content (AvgIpc) is 2.87. The Bertz CT molecular complexity index is 680. The molecule has 21 heavy (non-hydrogen) atoms. The Hall–Kier alpha value is -2.62. The Morgan fingerprint density at radius 2 is 1.62 bits per heavy atom. The van der Waals surface area contributed by atoms with Gasteiger partial charge in [0.05, 0.1) is 23.1 Å². The quantitative estimate of drug-likeness (QED) is 0.627. The molecule has 106 valence electrons. The molecule has 0 spiro atoms. The van der Waals surface area contributed by atoms with Gasteiger partial charge in [-0.15, -0.1) is 0 Å². The van der Waals surface area contributed by atoms with Crippen LogP contribution in [-0.4, -0.2) is 4.92 Å². The molecule has 0 aliphatic carbocycles. The summed E-state index contributed by atoms with van der Waals surface area (Å²) in [5, 5.41) is 11.3. The van der Waals surface area contributed by atoms with Gasteiger partial charge in [0, 0.05) is 5.69 Å². The van der Waals surface area contributed by atoms with E-state index in [4.69, 9.17) is 0 Å². The second kappa shape index (κ2) is 5.40. The van der Waals surface area contributed by atoms with Crippen LogP contribution in [0.5, 0.6) is 0 Å². The average molecular weight is 280 g/mol. The maximum atomic E-state index is 11.3. The van der Waals surface area contributed by atoms with E-state index in [1.807, 2.05) is 67.6 Å². The van der Waals surface area contributed by atoms with E-state index in [9.17, 15) is 10.1 Å². The highest BCUT2D eigenvalue weighted by atomic mass is 16.6. The zero-order valence-electron chi connectivity index (χ0n) is 11.8. The Kier molecular flexibility index (Phi) is 3.44. The van der Waals surface area contributed by atoms with Gasteiger partial charge in [-0.2, -0.15) is 0 Å². The molecule has 0 radical (unpaired) electrons. The van der Waals surface area contributed by atoms with Crippen LogP contribution in [0.25, 0.3) is 0 Å². The number of para-hydroxylation sites is 1.